The Morgan fingerprint density at radius 2 is 1.94 bits per heavy atom. The molecule has 0 heterocycles. The Hall–Kier alpha value is -1.58. The highest BCUT2D eigenvalue weighted by molar-refractivity contribution is 5.69. The summed E-state index contributed by atoms with van der Waals surface area (Å²) in [6.45, 7) is 9.63. The molecule has 0 saturated heterocycles. The Kier molecular flexibility index (Phi) is 7.76. The summed E-state index contributed by atoms with van der Waals surface area (Å²) in [6, 6.07) is 0. The number of hydrogen-bond acceptors (Lipinski definition) is 3. The lowest BCUT2D eigenvalue weighted by atomic mass is 10.2. The van der Waals surface area contributed by atoms with Crippen molar-refractivity contribution < 1.29 is 14.3 Å². The number of allylic oxidation sites excluding steroid dienone is 1. The predicted molar refractivity (Wildman–Crippen MR) is 72.2 cm³/mol. The van der Waals surface area contributed by atoms with Crippen molar-refractivity contribution >= 4 is 12.4 Å². The van der Waals surface area contributed by atoms with Crippen LogP contribution in [0.2, 0.25) is 0 Å². The average molecular weight is 253 g/mol. The zero-order valence-corrected chi connectivity index (χ0v) is 11.5. The number of hydrogen-bond donors (Lipinski definition) is 0. The van der Waals surface area contributed by atoms with E-state index in [4.69, 9.17) is 4.74 Å². The third-order valence-corrected chi connectivity index (χ3v) is 1.94. The minimum atomic E-state index is -0.514. The Morgan fingerprint density at radius 1 is 1.28 bits per heavy atom. The second-order valence-electron chi connectivity index (χ2n) is 4.88. The molecule has 0 spiro atoms. The monoisotopic (exact) mass is 253 g/mol. The van der Waals surface area contributed by atoms with E-state index < -0.39 is 5.60 Å². The Bertz CT molecular complexity index is 303. The summed E-state index contributed by atoms with van der Waals surface area (Å²) in [4.78, 5) is 23.6. The molecule has 0 aliphatic rings. The molecule has 0 aromatic rings. The highest BCUT2D eigenvalue weighted by atomic mass is 16.6. The number of ether oxygens (including phenoxy) is 1. The van der Waals surface area contributed by atoms with E-state index in [0.717, 1.165) is 6.29 Å². The molecule has 0 N–H and O–H groups in total. The van der Waals surface area contributed by atoms with E-state index in [1.165, 1.54) is 4.90 Å². The van der Waals surface area contributed by atoms with Crippen LogP contribution in [0.4, 0.5) is 4.79 Å². The zero-order valence-electron chi connectivity index (χ0n) is 11.5. The van der Waals surface area contributed by atoms with Crippen molar-refractivity contribution in [3.05, 3.63) is 24.9 Å². The largest absolute Gasteiger partial charge is 0.443 e. The molecule has 0 saturated carbocycles. The molecule has 1 amide bonds. The fourth-order valence-corrected chi connectivity index (χ4v) is 1.14. The van der Waals surface area contributed by atoms with Crippen LogP contribution >= 0.6 is 0 Å². The van der Waals surface area contributed by atoms with Gasteiger partial charge in [-0.2, -0.15) is 0 Å². The topological polar surface area (TPSA) is 46.6 Å². The van der Waals surface area contributed by atoms with Crippen molar-refractivity contribution in [3.63, 3.8) is 0 Å². The highest BCUT2D eigenvalue weighted by Crippen LogP contribution is 2.11. The molecule has 0 rings (SSSR count). The summed E-state index contributed by atoms with van der Waals surface area (Å²) >= 11 is 0. The van der Waals surface area contributed by atoms with Gasteiger partial charge in [0.25, 0.3) is 0 Å². The molecule has 4 heteroatoms. The molecule has 0 aromatic carbocycles. The van der Waals surface area contributed by atoms with Gasteiger partial charge in [-0.15, -0.1) is 6.58 Å². The molecule has 0 atom stereocenters. The van der Waals surface area contributed by atoms with Crippen LogP contribution in [-0.2, 0) is 9.53 Å². The minimum Gasteiger partial charge on any atom is -0.443 e. The first-order valence-corrected chi connectivity index (χ1v) is 6.11. The molecular weight excluding hydrogens is 230 g/mol. The maximum absolute atomic E-state index is 11.9. The van der Waals surface area contributed by atoms with Crippen LogP contribution in [0.1, 0.15) is 40.0 Å². The number of aldehydes is 1. The second-order valence-corrected chi connectivity index (χ2v) is 4.88. The molecule has 0 aliphatic heterocycles. The lowest BCUT2D eigenvalue weighted by Gasteiger charge is -2.24. The minimum absolute atomic E-state index is 0.383. The van der Waals surface area contributed by atoms with E-state index in [1.54, 1.807) is 18.4 Å². The normalized spacial score (nSPS) is 11.3. The van der Waals surface area contributed by atoms with Crippen molar-refractivity contribution in [1.82, 2.24) is 4.90 Å². The molecule has 0 radical (unpaired) electrons. The van der Waals surface area contributed by atoms with Gasteiger partial charge in [-0.25, -0.2) is 4.79 Å². The van der Waals surface area contributed by atoms with Gasteiger partial charge in [-0.1, -0.05) is 12.2 Å². The lowest BCUT2D eigenvalue weighted by Crippen LogP contribution is -2.34. The van der Waals surface area contributed by atoms with Gasteiger partial charge in [-0.3, -0.25) is 4.90 Å². The number of unbranched alkanes of at least 4 members (excludes halogenated alkanes) is 1. The summed E-state index contributed by atoms with van der Waals surface area (Å²) in [5, 5.41) is 0. The van der Waals surface area contributed by atoms with Crippen LogP contribution in [0.5, 0.6) is 0 Å². The van der Waals surface area contributed by atoms with Crippen molar-refractivity contribution in [2.75, 3.05) is 6.54 Å². The van der Waals surface area contributed by atoms with Gasteiger partial charge in [0, 0.05) is 19.2 Å². The lowest BCUT2D eigenvalue weighted by molar-refractivity contribution is -0.107. The first-order chi connectivity index (χ1) is 8.40. The fraction of sp³-hybridized carbons (Fsp3) is 0.571. The SMILES string of the molecule is C=CCCN(/C=C\CCC=O)C(=O)OC(C)(C)C. The van der Waals surface area contributed by atoms with Crippen molar-refractivity contribution in [2.45, 2.75) is 45.6 Å². The van der Waals surface area contributed by atoms with Crippen LogP contribution < -0.4 is 0 Å². The molecule has 4 nitrogen and oxygen atoms in total. The number of nitrogens with zero attached hydrogens (tertiary/aromatic N) is 1. The van der Waals surface area contributed by atoms with Gasteiger partial charge in [0.1, 0.15) is 11.9 Å². The second kappa shape index (κ2) is 8.50. The van der Waals surface area contributed by atoms with E-state index in [2.05, 4.69) is 6.58 Å². The van der Waals surface area contributed by atoms with E-state index in [-0.39, 0.29) is 6.09 Å². The standard InChI is InChI=1S/C14H23NO3/c1-5-6-10-15(11-8-7-9-12-16)13(17)18-14(2,3)4/h5,8,11-12H,1,6-7,9-10H2,2-4H3/b11-8-. The van der Waals surface area contributed by atoms with Crippen molar-refractivity contribution in [3.8, 4) is 0 Å². The average Bonchev–Trinajstić information content (AvgIpc) is 2.25. The van der Waals surface area contributed by atoms with Crippen LogP contribution in [0.3, 0.4) is 0 Å². The van der Waals surface area contributed by atoms with E-state index in [9.17, 15) is 9.59 Å². The molecule has 0 bridgehead atoms. The highest BCUT2D eigenvalue weighted by Gasteiger charge is 2.19. The van der Waals surface area contributed by atoms with E-state index in [0.29, 0.717) is 25.8 Å². The summed E-state index contributed by atoms with van der Waals surface area (Å²) < 4.78 is 5.29. The number of carbonyl (C=O) groups excluding carboxylic acids is 2. The Morgan fingerprint density at radius 3 is 2.44 bits per heavy atom. The summed E-state index contributed by atoms with van der Waals surface area (Å²) in [5.74, 6) is 0. The summed E-state index contributed by atoms with van der Waals surface area (Å²) in [5.41, 5.74) is -0.514. The van der Waals surface area contributed by atoms with Gasteiger partial charge >= 0.3 is 6.09 Å². The Labute approximate surface area is 109 Å². The van der Waals surface area contributed by atoms with Gasteiger partial charge in [0.05, 0.1) is 0 Å². The first-order valence-electron chi connectivity index (χ1n) is 6.11. The van der Waals surface area contributed by atoms with Crippen LogP contribution in [0, 0.1) is 0 Å². The third-order valence-electron chi connectivity index (χ3n) is 1.94. The van der Waals surface area contributed by atoms with Crippen LogP contribution in [0.25, 0.3) is 0 Å². The summed E-state index contributed by atoms with van der Waals surface area (Å²) in [6.07, 6.45) is 7.45. The maximum atomic E-state index is 11.9. The summed E-state index contributed by atoms with van der Waals surface area (Å²) in [7, 11) is 0. The van der Waals surface area contributed by atoms with Gasteiger partial charge in [0.15, 0.2) is 0 Å². The molecule has 0 fully saturated rings. The quantitative estimate of drug-likeness (QED) is 0.397. The first kappa shape index (κ1) is 16.4. The van der Waals surface area contributed by atoms with Gasteiger partial charge < -0.3 is 9.53 Å². The number of amides is 1. The van der Waals surface area contributed by atoms with E-state index in [1.807, 2.05) is 20.8 Å². The Balaban J connectivity index is 4.45. The fourth-order valence-electron chi connectivity index (χ4n) is 1.14. The molecule has 102 valence electrons. The molecule has 0 aliphatic carbocycles. The predicted octanol–water partition coefficient (Wildman–Crippen LogP) is 3.29. The molecule has 18 heavy (non-hydrogen) atoms. The molecule has 0 unspecified atom stereocenters. The molecular formula is C14H23NO3. The number of rotatable bonds is 7. The van der Waals surface area contributed by atoms with Crippen LogP contribution in [0.15, 0.2) is 24.9 Å². The third kappa shape index (κ3) is 8.56. The molecule has 0 aromatic heterocycles. The maximum Gasteiger partial charge on any atom is 0.414 e. The van der Waals surface area contributed by atoms with Crippen molar-refractivity contribution in [2.24, 2.45) is 0 Å². The van der Waals surface area contributed by atoms with Crippen LogP contribution in [-0.4, -0.2) is 29.4 Å². The smallest absolute Gasteiger partial charge is 0.414 e. The van der Waals surface area contributed by atoms with Crippen molar-refractivity contribution in [1.29, 1.82) is 0 Å². The zero-order chi connectivity index (χ0) is 14.0. The van der Waals surface area contributed by atoms with Gasteiger partial charge in [0.2, 0.25) is 0 Å². The van der Waals surface area contributed by atoms with E-state index >= 15 is 0 Å². The number of carbonyl (C=O) groups is 2. The van der Waals surface area contributed by atoms with Gasteiger partial charge in [-0.05, 0) is 33.6 Å².